The Morgan fingerprint density at radius 1 is 1.25 bits per heavy atom. The lowest BCUT2D eigenvalue weighted by atomic mass is 9.71. The van der Waals surface area contributed by atoms with Crippen molar-refractivity contribution in [1.29, 1.82) is 0 Å². The van der Waals surface area contributed by atoms with Crippen LogP contribution in [0.1, 0.15) is 47.5 Å². The van der Waals surface area contributed by atoms with E-state index in [2.05, 4.69) is 32.9 Å². The van der Waals surface area contributed by atoms with Gasteiger partial charge in [0.2, 0.25) is 0 Å². The largest absolute Gasteiger partial charge is 0.478 e. The highest BCUT2D eigenvalue weighted by molar-refractivity contribution is 5.81. The average molecular weight is 330 g/mol. The molecule has 1 aliphatic carbocycles. The van der Waals surface area contributed by atoms with Crippen LogP contribution in [0.2, 0.25) is 0 Å². The van der Waals surface area contributed by atoms with Crippen molar-refractivity contribution in [2.45, 2.75) is 53.6 Å². The van der Waals surface area contributed by atoms with Crippen LogP contribution in [0, 0.1) is 5.41 Å². The maximum absolute atomic E-state index is 10.6. The molecule has 0 aromatic carbocycles. The fourth-order valence-corrected chi connectivity index (χ4v) is 3.18. The summed E-state index contributed by atoms with van der Waals surface area (Å²) >= 11 is 0. The van der Waals surface area contributed by atoms with Gasteiger partial charge in [0.15, 0.2) is 0 Å². The molecule has 0 saturated carbocycles. The number of hydrogen-bond donors (Lipinski definition) is 1. The number of aliphatic carboxylic acids is 1. The lowest BCUT2D eigenvalue weighted by Crippen LogP contribution is -2.29. The van der Waals surface area contributed by atoms with Crippen LogP contribution < -0.4 is 0 Å². The molecule has 24 heavy (non-hydrogen) atoms. The molecule has 1 unspecified atom stereocenters. The normalized spacial score (nSPS) is 22.7. The van der Waals surface area contributed by atoms with Crippen molar-refractivity contribution in [1.82, 2.24) is 0 Å². The number of carbonyl (C=O) groups is 1. The molecule has 1 aliphatic rings. The summed E-state index contributed by atoms with van der Waals surface area (Å²) in [6.07, 6.45) is 13.5. The Bertz CT molecular complexity index is 613. The molecular formula is C21H30O3. The van der Waals surface area contributed by atoms with Crippen LogP contribution in [0.15, 0.2) is 58.7 Å². The van der Waals surface area contributed by atoms with Crippen LogP contribution in [0.25, 0.3) is 0 Å². The lowest BCUT2D eigenvalue weighted by molar-refractivity contribution is -0.131. The molecule has 1 atom stereocenters. The molecule has 0 aromatic rings. The highest BCUT2D eigenvalue weighted by atomic mass is 16.5. The highest BCUT2D eigenvalue weighted by Crippen LogP contribution is 2.41. The summed E-state index contributed by atoms with van der Waals surface area (Å²) in [5, 5.41) is 8.68. The predicted octanol–water partition coefficient (Wildman–Crippen LogP) is 5.23. The van der Waals surface area contributed by atoms with E-state index >= 15 is 0 Å². The van der Waals surface area contributed by atoms with E-state index in [1.165, 1.54) is 17.2 Å². The van der Waals surface area contributed by atoms with Crippen LogP contribution in [-0.4, -0.2) is 24.3 Å². The van der Waals surface area contributed by atoms with Gasteiger partial charge in [-0.15, -0.1) is 0 Å². The van der Waals surface area contributed by atoms with Crippen LogP contribution in [0.5, 0.6) is 0 Å². The van der Waals surface area contributed by atoms with E-state index < -0.39 is 5.97 Å². The van der Waals surface area contributed by atoms with Gasteiger partial charge < -0.3 is 9.84 Å². The second kappa shape index (κ2) is 8.84. The summed E-state index contributed by atoms with van der Waals surface area (Å²) in [6, 6.07) is 0. The second-order valence-electron chi connectivity index (χ2n) is 7.17. The van der Waals surface area contributed by atoms with E-state index in [4.69, 9.17) is 9.84 Å². The summed E-state index contributed by atoms with van der Waals surface area (Å²) in [5.74, 6) is -0.922. The minimum absolute atomic E-state index is 0.108. The molecule has 0 amide bonds. The van der Waals surface area contributed by atoms with E-state index in [9.17, 15) is 4.79 Å². The van der Waals surface area contributed by atoms with Crippen molar-refractivity contribution in [3.8, 4) is 0 Å². The molecule has 0 radical (unpaired) electrons. The number of allylic oxidation sites excluding steroid dienone is 8. The predicted molar refractivity (Wildman–Crippen MR) is 99.9 cm³/mol. The van der Waals surface area contributed by atoms with Crippen molar-refractivity contribution in [3.63, 3.8) is 0 Å². The molecule has 0 fully saturated rings. The molecule has 0 spiro atoms. The summed E-state index contributed by atoms with van der Waals surface area (Å²) in [5.41, 5.74) is 4.72. The van der Waals surface area contributed by atoms with Crippen molar-refractivity contribution in [3.05, 3.63) is 58.7 Å². The molecule has 1 N–H and O–H groups in total. The number of methoxy groups -OCH3 is 1. The van der Waals surface area contributed by atoms with E-state index in [1.807, 2.05) is 19.1 Å². The number of carboxylic acid groups (broad SMARTS) is 1. The Morgan fingerprint density at radius 2 is 1.92 bits per heavy atom. The lowest BCUT2D eigenvalue weighted by Gasteiger charge is -2.37. The maximum Gasteiger partial charge on any atom is 0.328 e. The first-order valence-corrected chi connectivity index (χ1v) is 8.33. The smallest absolute Gasteiger partial charge is 0.328 e. The monoisotopic (exact) mass is 330 g/mol. The molecular weight excluding hydrogens is 300 g/mol. The summed E-state index contributed by atoms with van der Waals surface area (Å²) in [7, 11) is 1.79. The standard InChI is InChI=1S/C21H30O3/c1-15(8-7-9-16(2)12-20(22)23)10-11-19-17(3)13-18(24-6)14-21(19,4)5/h7-12,18H,13-14H2,1-6H3,(H,22,23). The molecule has 0 saturated heterocycles. The molecule has 0 bridgehead atoms. The van der Waals surface area contributed by atoms with Crippen molar-refractivity contribution < 1.29 is 14.6 Å². The van der Waals surface area contributed by atoms with Crippen LogP contribution >= 0.6 is 0 Å². The van der Waals surface area contributed by atoms with Gasteiger partial charge in [-0.3, -0.25) is 0 Å². The summed E-state index contributed by atoms with van der Waals surface area (Å²) < 4.78 is 5.55. The molecule has 132 valence electrons. The molecule has 1 rings (SSSR count). The number of ether oxygens (including phenoxy) is 1. The SMILES string of the molecule is COC1CC(C)=C(C=CC(C)=CC=CC(C)=CC(=O)O)C(C)(C)C1. The first kappa shape index (κ1) is 20.2. The second-order valence-corrected chi connectivity index (χ2v) is 7.17. The third kappa shape index (κ3) is 6.32. The van der Waals surface area contributed by atoms with E-state index in [-0.39, 0.29) is 5.41 Å². The Morgan fingerprint density at radius 3 is 2.46 bits per heavy atom. The third-order valence-corrected chi connectivity index (χ3v) is 4.38. The number of rotatable bonds is 6. The van der Waals surface area contributed by atoms with Crippen molar-refractivity contribution in [2.24, 2.45) is 5.41 Å². The van der Waals surface area contributed by atoms with Gasteiger partial charge in [-0.25, -0.2) is 4.79 Å². The van der Waals surface area contributed by atoms with Gasteiger partial charge in [0.05, 0.1) is 6.10 Å². The maximum atomic E-state index is 10.6. The summed E-state index contributed by atoms with van der Waals surface area (Å²) in [6.45, 7) is 10.5. The number of hydrogen-bond acceptors (Lipinski definition) is 2. The fraction of sp³-hybridized carbons (Fsp3) is 0.476. The van der Waals surface area contributed by atoms with Gasteiger partial charge in [0.1, 0.15) is 0 Å². The minimum atomic E-state index is -0.922. The average Bonchev–Trinajstić information content (AvgIpc) is 2.44. The van der Waals surface area contributed by atoms with E-state index in [0.717, 1.165) is 18.4 Å². The first-order chi connectivity index (χ1) is 11.2. The van der Waals surface area contributed by atoms with E-state index in [0.29, 0.717) is 11.7 Å². The molecule has 0 heterocycles. The van der Waals surface area contributed by atoms with Crippen molar-refractivity contribution in [2.75, 3.05) is 7.11 Å². The highest BCUT2D eigenvalue weighted by Gasteiger charge is 2.32. The Balaban J connectivity index is 2.85. The quantitative estimate of drug-likeness (QED) is 0.536. The fourth-order valence-electron chi connectivity index (χ4n) is 3.18. The number of carboxylic acids is 1. The zero-order chi connectivity index (χ0) is 18.3. The zero-order valence-electron chi connectivity index (χ0n) is 15.7. The van der Waals surface area contributed by atoms with Gasteiger partial charge in [0, 0.05) is 13.2 Å². The zero-order valence-corrected chi connectivity index (χ0v) is 15.7. The van der Waals surface area contributed by atoms with Gasteiger partial charge in [-0.1, -0.05) is 55.4 Å². The minimum Gasteiger partial charge on any atom is -0.478 e. The van der Waals surface area contributed by atoms with Gasteiger partial charge in [0.25, 0.3) is 0 Å². The summed E-state index contributed by atoms with van der Waals surface area (Å²) in [4.78, 5) is 10.6. The van der Waals surface area contributed by atoms with Gasteiger partial charge in [-0.05, 0) is 50.2 Å². The molecule has 3 heteroatoms. The van der Waals surface area contributed by atoms with Crippen LogP contribution in [0.3, 0.4) is 0 Å². The van der Waals surface area contributed by atoms with Crippen molar-refractivity contribution >= 4 is 5.97 Å². The molecule has 0 aliphatic heterocycles. The van der Waals surface area contributed by atoms with Gasteiger partial charge in [-0.2, -0.15) is 0 Å². The van der Waals surface area contributed by atoms with Gasteiger partial charge >= 0.3 is 5.97 Å². The Hall–Kier alpha value is -1.87. The van der Waals surface area contributed by atoms with Crippen LogP contribution in [0.4, 0.5) is 0 Å². The van der Waals surface area contributed by atoms with Crippen LogP contribution in [-0.2, 0) is 9.53 Å². The molecule has 3 nitrogen and oxygen atoms in total. The first-order valence-electron chi connectivity index (χ1n) is 8.33. The molecule has 0 aromatic heterocycles. The van der Waals surface area contributed by atoms with E-state index in [1.54, 1.807) is 20.1 Å². The Kier molecular flexibility index (Phi) is 7.43. The third-order valence-electron chi connectivity index (χ3n) is 4.38. The Labute approximate surface area is 146 Å². The topological polar surface area (TPSA) is 46.5 Å².